The van der Waals surface area contributed by atoms with E-state index in [1.807, 2.05) is 13.8 Å². The number of aryl methyl sites for hydroxylation is 2. The van der Waals surface area contributed by atoms with E-state index in [4.69, 9.17) is 20.0 Å². The number of aliphatic hydroxyl groups excluding tert-OH is 1. The number of fused-ring (bicyclic) bond motifs is 1. The Morgan fingerprint density at radius 1 is 1.28 bits per heavy atom. The third-order valence-electron chi connectivity index (χ3n) is 5.91. The van der Waals surface area contributed by atoms with Gasteiger partial charge in [0.1, 0.15) is 11.6 Å². The minimum Gasteiger partial charge on any atom is -0.394 e. The van der Waals surface area contributed by atoms with Crippen LogP contribution in [0.1, 0.15) is 55.0 Å². The Morgan fingerprint density at radius 3 is 2.59 bits per heavy atom. The van der Waals surface area contributed by atoms with Crippen molar-refractivity contribution in [3.05, 3.63) is 35.5 Å². The minimum absolute atomic E-state index is 0. The lowest BCUT2D eigenvalue weighted by atomic mass is 9.92. The Labute approximate surface area is 176 Å². The standard InChI is InChI=1S/C21H28N4O3.ClH/c1-12-20(13(2)28-24-12)14-4-9-19-18(10-14)23-21(17(22)11-26)25(19)15-5-7-16(27-3)8-6-15;/h4,9-10,15-17,26H,5-8,11,22H2,1-3H3;1H/t15-,16-,17?;. The lowest BCUT2D eigenvalue weighted by Gasteiger charge is -2.30. The lowest BCUT2D eigenvalue weighted by Crippen LogP contribution is -2.27. The molecule has 29 heavy (non-hydrogen) atoms. The SMILES string of the molecule is CO[C@H]1CC[C@H](n2c(C(N)CO)nc3cc(-c4c(C)noc4C)ccc32)CC1.Cl. The molecule has 0 bridgehead atoms. The molecule has 3 aromatic rings. The molecule has 1 aromatic carbocycles. The summed E-state index contributed by atoms with van der Waals surface area (Å²) in [5.74, 6) is 1.54. The van der Waals surface area contributed by atoms with E-state index >= 15 is 0 Å². The molecule has 0 saturated heterocycles. The highest BCUT2D eigenvalue weighted by Gasteiger charge is 2.27. The molecule has 0 radical (unpaired) electrons. The Morgan fingerprint density at radius 2 is 2.00 bits per heavy atom. The predicted octanol–water partition coefficient (Wildman–Crippen LogP) is 3.85. The predicted molar refractivity (Wildman–Crippen MR) is 114 cm³/mol. The van der Waals surface area contributed by atoms with Crippen LogP contribution in [0.5, 0.6) is 0 Å². The summed E-state index contributed by atoms with van der Waals surface area (Å²) in [5, 5.41) is 13.7. The number of nitrogens with zero attached hydrogens (tertiary/aromatic N) is 3. The Balaban J connectivity index is 0.00000240. The molecule has 1 atom stereocenters. The van der Waals surface area contributed by atoms with E-state index in [1.165, 1.54) is 0 Å². The molecule has 1 aliphatic rings. The highest BCUT2D eigenvalue weighted by Crippen LogP contribution is 2.36. The molecule has 3 N–H and O–H groups in total. The van der Waals surface area contributed by atoms with Crippen LogP contribution in [-0.4, -0.2) is 39.6 Å². The van der Waals surface area contributed by atoms with Crippen LogP contribution in [-0.2, 0) is 4.74 Å². The van der Waals surface area contributed by atoms with E-state index in [2.05, 4.69) is 27.9 Å². The fourth-order valence-electron chi connectivity index (χ4n) is 4.43. The number of ether oxygens (including phenoxy) is 1. The number of halogens is 1. The topological polar surface area (TPSA) is 99.3 Å². The second-order valence-corrected chi connectivity index (χ2v) is 7.70. The first-order valence-electron chi connectivity index (χ1n) is 9.87. The zero-order valence-electron chi connectivity index (χ0n) is 17.1. The summed E-state index contributed by atoms with van der Waals surface area (Å²) in [7, 11) is 1.78. The van der Waals surface area contributed by atoms with Crippen molar-refractivity contribution in [1.82, 2.24) is 14.7 Å². The number of hydrogen-bond donors (Lipinski definition) is 2. The molecule has 0 aliphatic heterocycles. The van der Waals surface area contributed by atoms with Gasteiger partial charge in [-0.25, -0.2) is 4.98 Å². The Hall–Kier alpha value is -1.93. The van der Waals surface area contributed by atoms with E-state index in [0.29, 0.717) is 12.1 Å². The van der Waals surface area contributed by atoms with Crippen molar-refractivity contribution in [2.45, 2.75) is 57.7 Å². The molecule has 158 valence electrons. The molecule has 2 aromatic heterocycles. The maximum atomic E-state index is 9.67. The van der Waals surface area contributed by atoms with Crippen LogP contribution in [0.4, 0.5) is 0 Å². The van der Waals surface area contributed by atoms with E-state index < -0.39 is 6.04 Å². The third kappa shape index (κ3) is 3.92. The summed E-state index contributed by atoms with van der Waals surface area (Å²) in [5.41, 5.74) is 11.0. The van der Waals surface area contributed by atoms with E-state index in [0.717, 1.165) is 65.1 Å². The number of imidazole rings is 1. The largest absolute Gasteiger partial charge is 0.394 e. The van der Waals surface area contributed by atoms with Gasteiger partial charge in [0.25, 0.3) is 0 Å². The molecular formula is C21H29ClN4O3. The number of hydrogen-bond acceptors (Lipinski definition) is 6. The molecule has 2 heterocycles. The van der Waals surface area contributed by atoms with Crippen LogP contribution >= 0.6 is 12.4 Å². The van der Waals surface area contributed by atoms with Crippen molar-refractivity contribution >= 4 is 23.4 Å². The molecule has 1 saturated carbocycles. The van der Waals surface area contributed by atoms with E-state index in [9.17, 15) is 5.11 Å². The van der Waals surface area contributed by atoms with Crippen molar-refractivity contribution in [1.29, 1.82) is 0 Å². The number of rotatable bonds is 5. The molecule has 8 heteroatoms. The van der Waals surface area contributed by atoms with Crippen molar-refractivity contribution in [2.75, 3.05) is 13.7 Å². The van der Waals surface area contributed by atoms with Crippen molar-refractivity contribution in [3.63, 3.8) is 0 Å². The highest BCUT2D eigenvalue weighted by atomic mass is 35.5. The van der Waals surface area contributed by atoms with Crippen LogP contribution < -0.4 is 5.73 Å². The number of aliphatic hydroxyl groups is 1. The normalized spacial score (nSPS) is 20.6. The van der Waals surface area contributed by atoms with E-state index in [1.54, 1.807) is 7.11 Å². The van der Waals surface area contributed by atoms with Gasteiger partial charge in [-0.05, 0) is 57.2 Å². The quantitative estimate of drug-likeness (QED) is 0.650. The summed E-state index contributed by atoms with van der Waals surface area (Å²) < 4.78 is 13.1. The molecule has 1 fully saturated rings. The molecular weight excluding hydrogens is 392 g/mol. The fourth-order valence-corrected chi connectivity index (χ4v) is 4.43. The zero-order chi connectivity index (χ0) is 19.8. The van der Waals surface area contributed by atoms with Crippen LogP contribution in [0.25, 0.3) is 22.2 Å². The van der Waals surface area contributed by atoms with Crippen LogP contribution in [0, 0.1) is 13.8 Å². The second kappa shape index (κ2) is 8.83. The Bertz CT molecular complexity index is 956. The molecule has 1 aliphatic carbocycles. The first kappa shape index (κ1) is 21.8. The van der Waals surface area contributed by atoms with Gasteiger partial charge >= 0.3 is 0 Å². The molecule has 7 nitrogen and oxygen atoms in total. The fraction of sp³-hybridized carbons (Fsp3) is 0.524. The maximum Gasteiger partial charge on any atom is 0.141 e. The molecule has 0 spiro atoms. The van der Waals surface area contributed by atoms with Gasteiger partial charge in [0.2, 0.25) is 0 Å². The van der Waals surface area contributed by atoms with Gasteiger partial charge in [-0.15, -0.1) is 12.4 Å². The number of nitrogens with two attached hydrogens (primary N) is 1. The second-order valence-electron chi connectivity index (χ2n) is 7.70. The first-order valence-corrected chi connectivity index (χ1v) is 9.87. The van der Waals surface area contributed by atoms with Crippen LogP contribution in [0.15, 0.2) is 22.7 Å². The lowest BCUT2D eigenvalue weighted by molar-refractivity contribution is 0.0583. The molecule has 4 rings (SSSR count). The summed E-state index contributed by atoms with van der Waals surface area (Å²) in [6.07, 6.45) is 4.39. The average Bonchev–Trinajstić information content (AvgIpc) is 3.26. The highest BCUT2D eigenvalue weighted by molar-refractivity contribution is 5.85. The summed E-state index contributed by atoms with van der Waals surface area (Å²) in [6, 6.07) is 6.05. The number of benzene rings is 1. The summed E-state index contributed by atoms with van der Waals surface area (Å²) in [4.78, 5) is 4.82. The minimum atomic E-state index is -0.505. The van der Waals surface area contributed by atoms with Crippen molar-refractivity contribution < 1.29 is 14.4 Å². The van der Waals surface area contributed by atoms with Gasteiger partial charge in [0, 0.05) is 18.7 Å². The number of aromatic nitrogens is 3. The summed E-state index contributed by atoms with van der Waals surface area (Å²) >= 11 is 0. The monoisotopic (exact) mass is 420 g/mol. The smallest absolute Gasteiger partial charge is 0.141 e. The van der Waals surface area contributed by atoms with Gasteiger partial charge in [0.15, 0.2) is 0 Å². The Kier molecular flexibility index (Phi) is 6.63. The van der Waals surface area contributed by atoms with Gasteiger partial charge < -0.3 is 24.7 Å². The van der Waals surface area contributed by atoms with Gasteiger partial charge in [0.05, 0.1) is 35.5 Å². The number of methoxy groups -OCH3 is 1. The molecule has 1 unspecified atom stereocenters. The average molecular weight is 421 g/mol. The van der Waals surface area contributed by atoms with Gasteiger partial charge in [-0.1, -0.05) is 11.2 Å². The van der Waals surface area contributed by atoms with Crippen molar-refractivity contribution in [2.24, 2.45) is 5.73 Å². The van der Waals surface area contributed by atoms with E-state index in [-0.39, 0.29) is 19.0 Å². The van der Waals surface area contributed by atoms with Gasteiger partial charge in [-0.2, -0.15) is 0 Å². The van der Waals surface area contributed by atoms with Crippen LogP contribution in [0.3, 0.4) is 0 Å². The van der Waals surface area contributed by atoms with Gasteiger partial charge in [-0.3, -0.25) is 0 Å². The summed E-state index contributed by atoms with van der Waals surface area (Å²) in [6.45, 7) is 3.73. The zero-order valence-corrected chi connectivity index (χ0v) is 17.9. The molecule has 0 amide bonds. The maximum absolute atomic E-state index is 9.67. The van der Waals surface area contributed by atoms with Crippen LogP contribution in [0.2, 0.25) is 0 Å². The first-order chi connectivity index (χ1) is 13.5. The third-order valence-corrected chi connectivity index (χ3v) is 5.91. The van der Waals surface area contributed by atoms with Crippen molar-refractivity contribution in [3.8, 4) is 11.1 Å².